The molecule has 62 heavy (non-hydrogen) atoms. The number of hydrogen-bond donors (Lipinski definition) is 3. The number of carbonyl (C=O) groups excluding carboxylic acids is 2. The molecule has 0 aromatic heterocycles. The third kappa shape index (κ3) is 48.1. The zero-order valence-corrected chi connectivity index (χ0v) is 41.9. The van der Waals surface area contributed by atoms with Crippen molar-refractivity contribution in [3.8, 4) is 0 Å². The van der Waals surface area contributed by atoms with Gasteiger partial charge < -0.3 is 20.3 Å². The van der Waals surface area contributed by atoms with Crippen LogP contribution in [0.5, 0.6) is 0 Å². The van der Waals surface area contributed by atoms with Crippen LogP contribution in [0, 0.1) is 0 Å². The van der Waals surface area contributed by atoms with Gasteiger partial charge in [-0.05, 0) is 32.1 Å². The Morgan fingerprint density at radius 2 is 0.742 bits per heavy atom. The summed E-state index contributed by atoms with van der Waals surface area (Å²) in [5.41, 5.74) is 0. The second-order valence-corrected chi connectivity index (χ2v) is 19.3. The summed E-state index contributed by atoms with van der Waals surface area (Å²) >= 11 is 0. The number of allylic oxidation sites excluding steroid dienone is 1. The molecule has 0 fully saturated rings. The molecule has 6 heteroatoms. The second kappa shape index (κ2) is 52.2. The van der Waals surface area contributed by atoms with Gasteiger partial charge in [-0.1, -0.05) is 276 Å². The van der Waals surface area contributed by atoms with Crippen LogP contribution >= 0.6 is 0 Å². The summed E-state index contributed by atoms with van der Waals surface area (Å²) in [7, 11) is 0. The first-order valence-electron chi connectivity index (χ1n) is 28.0. The minimum absolute atomic E-state index is 0.0235. The van der Waals surface area contributed by atoms with Crippen molar-refractivity contribution in [3.63, 3.8) is 0 Å². The molecular weight excluding hydrogens is 767 g/mol. The standard InChI is InChI=1S/C56H109NO5/c1-3-5-7-9-11-13-15-17-19-20-21-22-23-24-26-27-29-32-36-40-44-48-54(59)53(52-58)57-55(60)49-45-41-37-33-31-35-39-43-47-51-62-56(61)50-46-42-38-34-30-28-25-18-16-14-12-10-8-6-4-2/h44,48,53-54,58-59H,3-43,45-47,49-52H2,1-2H3,(H,57,60)/b48-44+. The Bertz CT molecular complexity index is 924. The lowest BCUT2D eigenvalue weighted by Crippen LogP contribution is -2.45. The number of aliphatic hydroxyl groups excluding tert-OH is 2. The maximum atomic E-state index is 12.5. The Kier molecular flexibility index (Phi) is 51.0. The van der Waals surface area contributed by atoms with E-state index in [1.54, 1.807) is 6.08 Å². The quantitative estimate of drug-likeness (QED) is 0.0321. The van der Waals surface area contributed by atoms with Crippen molar-refractivity contribution in [2.75, 3.05) is 13.2 Å². The summed E-state index contributed by atoms with van der Waals surface area (Å²) in [4.78, 5) is 24.5. The SMILES string of the molecule is CCCCCCCCCCCCCCCCCCCCC/C=C/C(O)C(CO)NC(=O)CCCCCCCCCCCOC(=O)CCCCCCCCCCCCCCCCC. The molecule has 0 spiro atoms. The molecule has 0 saturated heterocycles. The highest BCUT2D eigenvalue weighted by molar-refractivity contribution is 5.76. The average Bonchev–Trinajstić information content (AvgIpc) is 3.27. The highest BCUT2D eigenvalue weighted by Gasteiger charge is 2.18. The molecule has 2 atom stereocenters. The zero-order chi connectivity index (χ0) is 45.1. The molecule has 3 N–H and O–H groups in total. The Hall–Kier alpha value is -1.40. The minimum atomic E-state index is -0.861. The van der Waals surface area contributed by atoms with Gasteiger partial charge in [0.05, 0.1) is 25.4 Å². The number of hydrogen-bond acceptors (Lipinski definition) is 5. The molecule has 0 radical (unpaired) electrons. The number of carbonyl (C=O) groups is 2. The normalized spacial score (nSPS) is 12.6. The highest BCUT2D eigenvalue weighted by atomic mass is 16.5. The predicted octanol–water partition coefficient (Wildman–Crippen LogP) is 16.9. The topological polar surface area (TPSA) is 95.9 Å². The van der Waals surface area contributed by atoms with Crippen molar-refractivity contribution >= 4 is 11.9 Å². The third-order valence-corrected chi connectivity index (χ3v) is 13.1. The molecule has 0 bridgehead atoms. The van der Waals surface area contributed by atoms with Crippen molar-refractivity contribution in [3.05, 3.63) is 12.2 Å². The minimum Gasteiger partial charge on any atom is -0.466 e. The monoisotopic (exact) mass is 876 g/mol. The summed E-state index contributed by atoms with van der Waals surface area (Å²) in [6.07, 6.45) is 60.8. The van der Waals surface area contributed by atoms with Crippen molar-refractivity contribution in [1.29, 1.82) is 0 Å². The van der Waals surface area contributed by atoms with E-state index in [1.807, 2.05) is 6.08 Å². The van der Waals surface area contributed by atoms with Gasteiger partial charge in [0.2, 0.25) is 5.91 Å². The van der Waals surface area contributed by atoms with Crippen LogP contribution in [0.2, 0.25) is 0 Å². The summed E-state index contributed by atoms with van der Waals surface area (Å²) in [5.74, 6) is -0.115. The van der Waals surface area contributed by atoms with Gasteiger partial charge in [0.25, 0.3) is 0 Å². The molecule has 1 amide bonds. The summed E-state index contributed by atoms with van der Waals surface area (Å²) < 4.78 is 5.46. The molecule has 0 saturated carbocycles. The average molecular weight is 876 g/mol. The van der Waals surface area contributed by atoms with E-state index >= 15 is 0 Å². The lowest BCUT2D eigenvalue weighted by atomic mass is 10.0. The van der Waals surface area contributed by atoms with Crippen LogP contribution in [0.15, 0.2) is 12.2 Å². The van der Waals surface area contributed by atoms with Crippen LogP contribution in [0.1, 0.15) is 309 Å². The van der Waals surface area contributed by atoms with Gasteiger partial charge in [0, 0.05) is 12.8 Å². The Labute approximate surface area is 387 Å². The van der Waals surface area contributed by atoms with Crippen LogP contribution < -0.4 is 5.32 Å². The van der Waals surface area contributed by atoms with Gasteiger partial charge in [0.1, 0.15) is 0 Å². The summed E-state index contributed by atoms with van der Waals surface area (Å²) in [6.45, 7) is 4.86. The molecule has 0 heterocycles. The van der Waals surface area contributed by atoms with E-state index < -0.39 is 12.1 Å². The Balaban J connectivity index is 3.50. The molecular formula is C56H109NO5. The van der Waals surface area contributed by atoms with Crippen molar-refractivity contribution in [2.45, 2.75) is 321 Å². The molecule has 0 aliphatic rings. The van der Waals surface area contributed by atoms with Crippen molar-refractivity contribution in [1.82, 2.24) is 5.32 Å². The van der Waals surface area contributed by atoms with E-state index in [0.29, 0.717) is 19.4 Å². The summed E-state index contributed by atoms with van der Waals surface area (Å²) in [6, 6.07) is -0.647. The first-order chi connectivity index (χ1) is 30.5. The molecule has 368 valence electrons. The molecule has 0 aromatic carbocycles. The fourth-order valence-corrected chi connectivity index (χ4v) is 8.75. The maximum absolute atomic E-state index is 12.5. The fraction of sp³-hybridized carbons (Fsp3) is 0.929. The summed E-state index contributed by atoms with van der Waals surface area (Å²) in [5, 5.41) is 23.1. The number of rotatable bonds is 52. The van der Waals surface area contributed by atoms with Gasteiger partial charge in [-0.2, -0.15) is 0 Å². The smallest absolute Gasteiger partial charge is 0.305 e. The maximum Gasteiger partial charge on any atom is 0.305 e. The van der Waals surface area contributed by atoms with Crippen LogP contribution in [0.4, 0.5) is 0 Å². The van der Waals surface area contributed by atoms with Crippen LogP contribution in [0.3, 0.4) is 0 Å². The van der Waals surface area contributed by atoms with Crippen LogP contribution in [0.25, 0.3) is 0 Å². The number of ether oxygens (including phenoxy) is 1. The highest BCUT2D eigenvalue weighted by Crippen LogP contribution is 2.17. The largest absolute Gasteiger partial charge is 0.466 e. The van der Waals surface area contributed by atoms with E-state index in [-0.39, 0.29) is 18.5 Å². The number of esters is 1. The van der Waals surface area contributed by atoms with Gasteiger partial charge in [0.15, 0.2) is 0 Å². The Morgan fingerprint density at radius 3 is 1.10 bits per heavy atom. The predicted molar refractivity (Wildman–Crippen MR) is 269 cm³/mol. The lowest BCUT2D eigenvalue weighted by molar-refractivity contribution is -0.143. The third-order valence-electron chi connectivity index (χ3n) is 13.1. The number of amides is 1. The van der Waals surface area contributed by atoms with Crippen LogP contribution in [-0.4, -0.2) is 47.4 Å². The van der Waals surface area contributed by atoms with Crippen molar-refractivity contribution in [2.24, 2.45) is 0 Å². The first-order valence-corrected chi connectivity index (χ1v) is 28.0. The van der Waals surface area contributed by atoms with E-state index in [9.17, 15) is 19.8 Å². The first kappa shape index (κ1) is 60.6. The van der Waals surface area contributed by atoms with Gasteiger partial charge in [-0.25, -0.2) is 0 Å². The van der Waals surface area contributed by atoms with E-state index in [1.165, 1.54) is 225 Å². The molecule has 0 aromatic rings. The number of nitrogens with one attached hydrogen (secondary N) is 1. The van der Waals surface area contributed by atoms with E-state index in [4.69, 9.17) is 4.74 Å². The molecule has 0 aliphatic carbocycles. The fourth-order valence-electron chi connectivity index (χ4n) is 8.75. The van der Waals surface area contributed by atoms with Crippen molar-refractivity contribution < 1.29 is 24.5 Å². The lowest BCUT2D eigenvalue weighted by Gasteiger charge is -2.20. The molecule has 2 unspecified atom stereocenters. The number of unbranched alkanes of at least 4 members (excludes halogenated alkanes) is 41. The Morgan fingerprint density at radius 1 is 0.435 bits per heavy atom. The van der Waals surface area contributed by atoms with E-state index in [0.717, 1.165) is 57.8 Å². The van der Waals surface area contributed by atoms with E-state index in [2.05, 4.69) is 19.2 Å². The zero-order valence-electron chi connectivity index (χ0n) is 41.9. The van der Waals surface area contributed by atoms with Gasteiger partial charge >= 0.3 is 5.97 Å². The molecule has 0 rings (SSSR count). The van der Waals surface area contributed by atoms with Gasteiger partial charge in [-0.15, -0.1) is 0 Å². The van der Waals surface area contributed by atoms with Crippen LogP contribution in [-0.2, 0) is 14.3 Å². The second-order valence-electron chi connectivity index (χ2n) is 19.3. The van der Waals surface area contributed by atoms with Gasteiger partial charge in [-0.3, -0.25) is 9.59 Å². The number of aliphatic hydroxyl groups is 2. The molecule has 6 nitrogen and oxygen atoms in total. The molecule has 0 aliphatic heterocycles.